The Morgan fingerprint density at radius 1 is 1.24 bits per heavy atom. The van der Waals surface area contributed by atoms with E-state index in [1.165, 1.54) is 12.1 Å². The van der Waals surface area contributed by atoms with Crippen molar-refractivity contribution in [2.24, 2.45) is 0 Å². The van der Waals surface area contributed by atoms with Crippen molar-refractivity contribution in [3.8, 4) is 0 Å². The van der Waals surface area contributed by atoms with Crippen molar-refractivity contribution in [1.82, 2.24) is 4.98 Å². The Kier molecular flexibility index (Phi) is 4.11. The molecule has 1 atom stereocenters. The Hall–Kier alpha value is -2.57. The van der Waals surface area contributed by atoms with E-state index >= 15 is 0 Å². The van der Waals surface area contributed by atoms with Gasteiger partial charge in [-0.15, -0.1) is 0 Å². The Morgan fingerprint density at radius 2 is 1.95 bits per heavy atom. The largest absolute Gasteiger partial charge is 0.478 e. The van der Waals surface area contributed by atoms with Crippen molar-refractivity contribution in [2.45, 2.75) is 13.0 Å². The fourth-order valence-electron chi connectivity index (χ4n) is 1.77. The van der Waals surface area contributed by atoms with Gasteiger partial charge < -0.3 is 10.4 Å². The second kappa shape index (κ2) is 5.82. The number of benzene rings is 1. The van der Waals surface area contributed by atoms with E-state index in [-0.39, 0.29) is 5.69 Å². The highest BCUT2D eigenvalue weighted by Crippen LogP contribution is 2.24. The average molecular weight is 296 g/mol. The normalized spacial score (nSPS) is 12.0. The summed E-state index contributed by atoms with van der Waals surface area (Å²) in [6, 6.07) is 3.45. The zero-order valence-electron chi connectivity index (χ0n) is 10.9. The molecule has 0 saturated heterocycles. The van der Waals surface area contributed by atoms with E-state index in [4.69, 9.17) is 5.11 Å². The van der Waals surface area contributed by atoms with Crippen LogP contribution in [0.15, 0.2) is 30.5 Å². The molecule has 0 aliphatic rings. The molecule has 1 heterocycles. The summed E-state index contributed by atoms with van der Waals surface area (Å²) >= 11 is 0. The van der Waals surface area contributed by atoms with E-state index in [1.807, 2.05) is 0 Å². The van der Waals surface area contributed by atoms with Crippen molar-refractivity contribution in [1.29, 1.82) is 0 Å². The highest BCUT2D eigenvalue weighted by atomic mass is 19.1. The van der Waals surface area contributed by atoms with Crippen LogP contribution < -0.4 is 5.32 Å². The maximum atomic E-state index is 13.7. The quantitative estimate of drug-likeness (QED) is 0.908. The van der Waals surface area contributed by atoms with Gasteiger partial charge >= 0.3 is 5.97 Å². The number of nitrogens with zero attached hydrogens (tertiary/aromatic N) is 1. The molecule has 2 rings (SSSR count). The van der Waals surface area contributed by atoms with Crippen molar-refractivity contribution in [3.05, 3.63) is 59.2 Å². The zero-order valence-corrected chi connectivity index (χ0v) is 10.9. The molecule has 1 aromatic carbocycles. The van der Waals surface area contributed by atoms with Gasteiger partial charge in [-0.3, -0.25) is 4.98 Å². The van der Waals surface area contributed by atoms with E-state index in [2.05, 4.69) is 10.3 Å². The first kappa shape index (κ1) is 14.8. The first-order valence-electron chi connectivity index (χ1n) is 5.99. The van der Waals surface area contributed by atoms with Gasteiger partial charge in [-0.2, -0.15) is 0 Å². The summed E-state index contributed by atoms with van der Waals surface area (Å²) < 4.78 is 39.7. The van der Waals surface area contributed by atoms with E-state index in [1.54, 1.807) is 6.92 Å². The number of carboxylic acids is 1. The Balaban J connectivity index is 2.28. The smallest absolute Gasteiger partial charge is 0.338 e. The van der Waals surface area contributed by atoms with E-state index < -0.39 is 35.0 Å². The second-order valence-corrected chi connectivity index (χ2v) is 4.38. The summed E-state index contributed by atoms with van der Waals surface area (Å²) in [6.45, 7) is 1.63. The zero-order chi connectivity index (χ0) is 15.6. The van der Waals surface area contributed by atoms with Gasteiger partial charge in [0.25, 0.3) is 0 Å². The number of pyridine rings is 1. The lowest BCUT2D eigenvalue weighted by Crippen LogP contribution is -2.11. The summed E-state index contributed by atoms with van der Waals surface area (Å²) in [5.74, 6) is -4.08. The average Bonchev–Trinajstić information content (AvgIpc) is 2.42. The fraction of sp³-hybridized carbons (Fsp3) is 0.143. The van der Waals surface area contributed by atoms with Crippen LogP contribution in [0.2, 0.25) is 0 Å². The SMILES string of the molecule is CC(Nc1cc(C(=O)O)c(F)cc1F)c1ccc(F)cn1. The molecule has 2 N–H and O–H groups in total. The van der Waals surface area contributed by atoms with Crippen LogP contribution in [0.3, 0.4) is 0 Å². The Labute approximate surface area is 118 Å². The third-order valence-corrected chi connectivity index (χ3v) is 2.85. The Morgan fingerprint density at radius 3 is 2.52 bits per heavy atom. The number of carbonyl (C=O) groups is 1. The Bertz CT molecular complexity index is 675. The first-order valence-corrected chi connectivity index (χ1v) is 5.99. The lowest BCUT2D eigenvalue weighted by atomic mass is 10.1. The molecule has 7 heteroatoms. The number of anilines is 1. The molecule has 1 aromatic heterocycles. The minimum atomic E-state index is -1.50. The molecule has 1 unspecified atom stereocenters. The summed E-state index contributed by atoms with van der Waals surface area (Å²) in [6.07, 6.45) is 1.01. The van der Waals surface area contributed by atoms with E-state index in [0.717, 1.165) is 12.3 Å². The van der Waals surface area contributed by atoms with Crippen LogP contribution >= 0.6 is 0 Å². The number of rotatable bonds is 4. The van der Waals surface area contributed by atoms with E-state index in [9.17, 15) is 18.0 Å². The summed E-state index contributed by atoms with van der Waals surface area (Å²) in [5, 5.41) is 11.5. The van der Waals surface area contributed by atoms with Crippen LogP contribution in [0.25, 0.3) is 0 Å². The molecule has 2 aromatic rings. The number of hydrogen-bond acceptors (Lipinski definition) is 3. The van der Waals surface area contributed by atoms with Crippen LogP contribution in [0.4, 0.5) is 18.9 Å². The van der Waals surface area contributed by atoms with Crippen molar-refractivity contribution < 1.29 is 23.1 Å². The minimum absolute atomic E-state index is 0.174. The lowest BCUT2D eigenvalue weighted by molar-refractivity contribution is 0.0692. The highest BCUT2D eigenvalue weighted by molar-refractivity contribution is 5.89. The first-order chi connectivity index (χ1) is 9.88. The molecule has 4 nitrogen and oxygen atoms in total. The molecule has 0 fully saturated rings. The van der Waals surface area contributed by atoms with Crippen LogP contribution in [0.5, 0.6) is 0 Å². The van der Waals surface area contributed by atoms with Crippen molar-refractivity contribution in [2.75, 3.05) is 5.32 Å². The van der Waals surface area contributed by atoms with Crippen LogP contribution in [0.1, 0.15) is 29.0 Å². The van der Waals surface area contributed by atoms with Crippen LogP contribution in [-0.2, 0) is 0 Å². The van der Waals surface area contributed by atoms with Gasteiger partial charge in [0, 0.05) is 6.07 Å². The predicted molar refractivity (Wildman–Crippen MR) is 69.6 cm³/mol. The van der Waals surface area contributed by atoms with Crippen LogP contribution in [0, 0.1) is 17.5 Å². The van der Waals surface area contributed by atoms with Gasteiger partial charge in [-0.25, -0.2) is 18.0 Å². The van der Waals surface area contributed by atoms with Crippen molar-refractivity contribution in [3.63, 3.8) is 0 Å². The third-order valence-electron chi connectivity index (χ3n) is 2.85. The van der Waals surface area contributed by atoms with E-state index in [0.29, 0.717) is 11.8 Å². The van der Waals surface area contributed by atoms with Gasteiger partial charge in [0.15, 0.2) is 0 Å². The molecular weight excluding hydrogens is 285 g/mol. The predicted octanol–water partition coefficient (Wildman–Crippen LogP) is 3.37. The van der Waals surface area contributed by atoms with Crippen LogP contribution in [-0.4, -0.2) is 16.1 Å². The number of aromatic nitrogens is 1. The maximum Gasteiger partial charge on any atom is 0.338 e. The number of nitrogens with one attached hydrogen (secondary N) is 1. The lowest BCUT2D eigenvalue weighted by Gasteiger charge is -2.16. The van der Waals surface area contributed by atoms with Gasteiger partial charge in [0.2, 0.25) is 0 Å². The maximum absolute atomic E-state index is 13.7. The molecule has 0 aliphatic carbocycles. The highest BCUT2D eigenvalue weighted by Gasteiger charge is 2.17. The fourth-order valence-corrected chi connectivity index (χ4v) is 1.77. The number of halogens is 3. The molecule has 110 valence electrons. The van der Waals surface area contributed by atoms with Crippen molar-refractivity contribution >= 4 is 11.7 Å². The summed E-state index contributed by atoms with van der Waals surface area (Å²) in [5.41, 5.74) is -0.386. The molecule has 0 radical (unpaired) electrons. The number of aromatic carboxylic acids is 1. The monoisotopic (exact) mass is 296 g/mol. The molecule has 0 amide bonds. The minimum Gasteiger partial charge on any atom is -0.478 e. The molecule has 0 bridgehead atoms. The standard InChI is InChI=1S/C14H11F3N2O2/c1-7(12-3-2-8(15)6-18-12)19-13-4-9(14(20)21)10(16)5-11(13)17/h2-7,19H,1H3,(H,20,21). The molecule has 21 heavy (non-hydrogen) atoms. The van der Waals surface area contributed by atoms with Gasteiger partial charge in [0.05, 0.1) is 29.2 Å². The summed E-state index contributed by atoms with van der Waals surface area (Å²) in [7, 11) is 0. The molecule has 0 aliphatic heterocycles. The number of hydrogen-bond donors (Lipinski definition) is 2. The van der Waals surface area contributed by atoms with Gasteiger partial charge in [0.1, 0.15) is 17.5 Å². The summed E-state index contributed by atoms with van der Waals surface area (Å²) in [4.78, 5) is 14.7. The molecule has 0 spiro atoms. The molecule has 0 saturated carbocycles. The molecular formula is C14H11F3N2O2. The van der Waals surface area contributed by atoms with Gasteiger partial charge in [-0.1, -0.05) is 0 Å². The topological polar surface area (TPSA) is 62.2 Å². The number of carboxylic acid groups (broad SMARTS) is 1. The second-order valence-electron chi connectivity index (χ2n) is 4.38. The third kappa shape index (κ3) is 3.31. The van der Waals surface area contributed by atoms with Gasteiger partial charge in [-0.05, 0) is 25.1 Å².